The normalized spacial score (nSPS) is 16.8. The largest absolute Gasteiger partial charge is 0.360 e. The first-order valence-electron chi connectivity index (χ1n) is 7.15. The van der Waals surface area contributed by atoms with Crippen LogP contribution in [0.1, 0.15) is 20.8 Å². The first kappa shape index (κ1) is 15.7. The van der Waals surface area contributed by atoms with Crippen molar-refractivity contribution in [3.05, 3.63) is 24.3 Å². The Kier molecular flexibility index (Phi) is 4.79. The Morgan fingerprint density at radius 2 is 2.24 bits per heavy atom. The van der Waals surface area contributed by atoms with Crippen molar-refractivity contribution in [2.24, 2.45) is 5.92 Å². The van der Waals surface area contributed by atoms with E-state index in [1.165, 1.54) is 4.90 Å². The molecule has 0 unspecified atom stereocenters. The van der Waals surface area contributed by atoms with E-state index in [4.69, 9.17) is 0 Å². The maximum atomic E-state index is 12.3. The standard InChI is InChI=1S/C16H21N3OS/c1-12(2)16(3,11-17)18-15(20)10-19-8-9-21-14-7-5-4-6-13(14)19/h4-7,12H,8-10H2,1-3H3,(H,18,20)/t16-/m1/s1. The highest BCUT2D eigenvalue weighted by Crippen LogP contribution is 2.34. The molecule has 21 heavy (non-hydrogen) atoms. The summed E-state index contributed by atoms with van der Waals surface area (Å²) < 4.78 is 0. The van der Waals surface area contributed by atoms with Crippen LogP contribution in [0.15, 0.2) is 29.2 Å². The molecule has 1 amide bonds. The van der Waals surface area contributed by atoms with Gasteiger partial charge in [0.2, 0.25) is 5.91 Å². The van der Waals surface area contributed by atoms with E-state index in [0.29, 0.717) is 6.54 Å². The second-order valence-corrected chi connectivity index (χ2v) is 6.89. The van der Waals surface area contributed by atoms with Crippen molar-refractivity contribution in [3.63, 3.8) is 0 Å². The van der Waals surface area contributed by atoms with Crippen LogP contribution in [0, 0.1) is 17.2 Å². The molecule has 0 spiro atoms. The van der Waals surface area contributed by atoms with Crippen LogP contribution in [0.3, 0.4) is 0 Å². The SMILES string of the molecule is CC(C)[C@@](C)(C#N)NC(=O)CN1CCSc2ccccc21. The van der Waals surface area contributed by atoms with Crippen molar-refractivity contribution in [2.75, 3.05) is 23.7 Å². The van der Waals surface area contributed by atoms with Crippen LogP contribution in [-0.4, -0.2) is 30.3 Å². The lowest BCUT2D eigenvalue weighted by Gasteiger charge is -2.32. The second kappa shape index (κ2) is 6.40. The molecular formula is C16H21N3OS. The van der Waals surface area contributed by atoms with E-state index in [9.17, 15) is 10.1 Å². The molecule has 1 aromatic rings. The highest BCUT2D eigenvalue weighted by atomic mass is 32.2. The van der Waals surface area contributed by atoms with E-state index in [1.54, 1.807) is 6.92 Å². The molecule has 1 heterocycles. The molecule has 1 aliphatic rings. The Hall–Kier alpha value is -1.67. The average molecular weight is 303 g/mol. The maximum absolute atomic E-state index is 12.3. The van der Waals surface area contributed by atoms with Crippen LogP contribution in [0.4, 0.5) is 5.69 Å². The van der Waals surface area contributed by atoms with Gasteiger partial charge in [-0.2, -0.15) is 5.26 Å². The Labute approximate surface area is 130 Å². The second-order valence-electron chi connectivity index (χ2n) is 5.75. The summed E-state index contributed by atoms with van der Waals surface area (Å²) >= 11 is 1.82. The molecule has 1 N–H and O–H groups in total. The van der Waals surface area contributed by atoms with E-state index in [0.717, 1.165) is 18.0 Å². The van der Waals surface area contributed by atoms with Crippen molar-refractivity contribution in [1.29, 1.82) is 5.26 Å². The number of anilines is 1. The summed E-state index contributed by atoms with van der Waals surface area (Å²) in [4.78, 5) is 15.6. The molecule has 4 nitrogen and oxygen atoms in total. The molecule has 0 aliphatic carbocycles. The van der Waals surface area contributed by atoms with Crippen LogP contribution < -0.4 is 10.2 Å². The highest BCUT2D eigenvalue weighted by molar-refractivity contribution is 7.99. The predicted octanol–water partition coefficient (Wildman–Crippen LogP) is 2.65. The van der Waals surface area contributed by atoms with Gasteiger partial charge >= 0.3 is 0 Å². The zero-order valence-corrected chi connectivity index (χ0v) is 13.5. The Morgan fingerprint density at radius 1 is 1.52 bits per heavy atom. The summed E-state index contributed by atoms with van der Waals surface area (Å²) in [5.74, 6) is 0.939. The van der Waals surface area contributed by atoms with Gasteiger partial charge in [0, 0.05) is 17.2 Å². The number of benzene rings is 1. The number of nitrogens with zero attached hydrogens (tertiary/aromatic N) is 2. The van der Waals surface area contributed by atoms with Crippen LogP contribution in [0.25, 0.3) is 0 Å². The minimum absolute atomic E-state index is 0.0654. The number of fused-ring (bicyclic) bond motifs is 1. The van der Waals surface area contributed by atoms with Crippen LogP contribution in [0.5, 0.6) is 0 Å². The lowest BCUT2D eigenvalue weighted by atomic mass is 9.90. The molecule has 0 bridgehead atoms. The predicted molar refractivity (Wildman–Crippen MR) is 86.4 cm³/mol. The number of hydrogen-bond acceptors (Lipinski definition) is 4. The van der Waals surface area contributed by atoms with Gasteiger partial charge in [-0.05, 0) is 25.0 Å². The Balaban J connectivity index is 2.07. The van der Waals surface area contributed by atoms with Crippen molar-refractivity contribution < 1.29 is 4.79 Å². The van der Waals surface area contributed by atoms with Crippen molar-refractivity contribution in [3.8, 4) is 6.07 Å². The van der Waals surface area contributed by atoms with Gasteiger partial charge in [0.1, 0.15) is 5.54 Å². The number of amides is 1. The van der Waals surface area contributed by atoms with Crippen LogP contribution >= 0.6 is 11.8 Å². The fourth-order valence-corrected chi connectivity index (χ4v) is 3.25. The molecule has 1 aromatic carbocycles. The molecule has 112 valence electrons. The summed E-state index contributed by atoms with van der Waals surface area (Å²) in [7, 11) is 0. The van der Waals surface area contributed by atoms with Crippen molar-refractivity contribution >= 4 is 23.4 Å². The molecule has 2 rings (SSSR count). The number of para-hydroxylation sites is 1. The minimum Gasteiger partial charge on any atom is -0.360 e. The van der Waals surface area contributed by atoms with E-state index < -0.39 is 5.54 Å². The zero-order valence-electron chi connectivity index (χ0n) is 12.7. The molecule has 0 aromatic heterocycles. The summed E-state index contributed by atoms with van der Waals surface area (Å²) in [6.45, 7) is 6.80. The quantitative estimate of drug-likeness (QED) is 0.929. The maximum Gasteiger partial charge on any atom is 0.240 e. The topological polar surface area (TPSA) is 56.1 Å². The number of thioether (sulfide) groups is 1. The molecular weight excluding hydrogens is 282 g/mol. The highest BCUT2D eigenvalue weighted by Gasteiger charge is 2.31. The Bertz CT molecular complexity index is 567. The summed E-state index contributed by atoms with van der Waals surface area (Å²) in [5, 5.41) is 12.2. The molecule has 0 fully saturated rings. The summed E-state index contributed by atoms with van der Waals surface area (Å²) in [5.41, 5.74) is 0.285. The zero-order chi connectivity index (χ0) is 15.5. The number of nitrogens with one attached hydrogen (secondary N) is 1. The third kappa shape index (κ3) is 3.51. The number of rotatable bonds is 4. The number of hydrogen-bond donors (Lipinski definition) is 1. The number of carbonyl (C=O) groups excluding carboxylic acids is 1. The first-order valence-corrected chi connectivity index (χ1v) is 8.14. The Morgan fingerprint density at radius 3 is 2.90 bits per heavy atom. The van der Waals surface area contributed by atoms with Crippen LogP contribution in [-0.2, 0) is 4.79 Å². The van der Waals surface area contributed by atoms with E-state index in [1.807, 2.05) is 43.8 Å². The number of carbonyl (C=O) groups is 1. The van der Waals surface area contributed by atoms with Gasteiger partial charge in [-0.25, -0.2) is 0 Å². The van der Waals surface area contributed by atoms with Gasteiger partial charge in [0.15, 0.2) is 0 Å². The van der Waals surface area contributed by atoms with Gasteiger partial charge < -0.3 is 10.2 Å². The molecule has 0 saturated carbocycles. The van der Waals surface area contributed by atoms with Gasteiger partial charge in [-0.15, -0.1) is 11.8 Å². The molecule has 1 aliphatic heterocycles. The average Bonchev–Trinajstić information content (AvgIpc) is 2.47. The van der Waals surface area contributed by atoms with Gasteiger partial charge in [-0.1, -0.05) is 26.0 Å². The van der Waals surface area contributed by atoms with Gasteiger partial charge in [0.25, 0.3) is 0 Å². The third-order valence-electron chi connectivity index (χ3n) is 3.95. The molecule has 0 saturated heterocycles. The molecule has 1 atom stereocenters. The summed E-state index contributed by atoms with van der Waals surface area (Å²) in [6, 6.07) is 10.3. The number of nitriles is 1. The van der Waals surface area contributed by atoms with E-state index >= 15 is 0 Å². The van der Waals surface area contributed by atoms with Gasteiger partial charge in [0.05, 0.1) is 18.3 Å². The molecule has 0 radical (unpaired) electrons. The lowest BCUT2D eigenvalue weighted by Crippen LogP contribution is -2.52. The summed E-state index contributed by atoms with van der Waals surface area (Å²) in [6.07, 6.45) is 0. The lowest BCUT2D eigenvalue weighted by molar-refractivity contribution is -0.121. The van der Waals surface area contributed by atoms with Gasteiger partial charge in [-0.3, -0.25) is 4.79 Å². The van der Waals surface area contributed by atoms with E-state index in [2.05, 4.69) is 22.4 Å². The van der Waals surface area contributed by atoms with Crippen molar-refractivity contribution in [1.82, 2.24) is 5.32 Å². The smallest absolute Gasteiger partial charge is 0.240 e. The minimum atomic E-state index is -0.818. The van der Waals surface area contributed by atoms with Crippen LogP contribution in [0.2, 0.25) is 0 Å². The van der Waals surface area contributed by atoms with E-state index in [-0.39, 0.29) is 11.8 Å². The van der Waals surface area contributed by atoms with Crippen molar-refractivity contribution in [2.45, 2.75) is 31.2 Å². The third-order valence-corrected chi connectivity index (χ3v) is 4.99. The molecule has 5 heteroatoms. The fraction of sp³-hybridized carbons (Fsp3) is 0.500. The fourth-order valence-electron chi connectivity index (χ4n) is 2.19. The first-order chi connectivity index (χ1) is 9.96. The monoisotopic (exact) mass is 303 g/mol.